The molecule has 0 aliphatic carbocycles. The number of benzene rings is 7. The Labute approximate surface area is 273 Å². The molecule has 0 atom stereocenters. The van der Waals surface area contributed by atoms with Gasteiger partial charge in [0.1, 0.15) is 11.2 Å². The maximum absolute atomic E-state index is 6.06. The van der Waals surface area contributed by atoms with Crippen LogP contribution in [0.5, 0.6) is 0 Å². The highest BCUT2D eigenvalue weighted by molar-refractivity contribution is 6.07. The van der Waals surface area contributed by atoms with Gasteiger partial charge < -0.3 is 4.42 Å². The highest BCUT2D eigenvalue weighted by Gasteiger charge is 2.14. The minimum absolute atomic E-state index is 0.916. The Balaban J connectivity index is 1.13. The molecule has 0 aliphatic heterocycles. The van der Waals surface area contributed by atoms with E-state index in [9.17, 15) is 0 Å². The first-order valence-corrected chi connectivity index (χ1v) is 16.0. The molecule has 7 aromatic carbocycles. The van der Waals surface area contributed by atoms with Gasteiger partial charge >= 0.3 is 0 Å². The maximum atomic E-state index is 6.06. The van der Waals surface area contributed by atoms with Crippen LogP contribution in [-0.2, 0) is 0 Å². The van der Waals surface area contributed by atoms with Crippen molar-refractivity contribution in [2.45, 2.75) is 0 Å². The number of para-hydroxylation sites is 1. The summed E-state index contributed by atoms with van der Waals surface area (Å²) in [5.74, 6) is 0. The van der Waals surface area contributed by atoms with Crippen molar-refractivity contribution in [2.24, 2.45) is 0 Å². The molecule has 47 heavy (non-hydrogen) atoms. The summed E-state index contributed by atoms with van der Waals surface area (Å²) in [5, 5.41) is 4.73. The van der Waals surface area contributed by atoms with Crippen molar-refractivity contribution in [3.05, 3.63) is 176 Å². The van der Waals surface area contributed by atoms with Crippen LogP contribution < -0.4 is 0 Å². The molecule has 2 heterocycles. The monoisotopic (exact) mass is 599 g/mol. The van der Waals surface area contributed by atoms with E-state index >= 15 is 0 Å². The average molecular weight is 600 g/mol. The summed E-state index contributed by atoms with van der Waals surface area (Å²) < 4.78 is 6.06. The molecule has 0 fully saturated rings. The van der Waals surface area contributed by atoms with E-state index in [1.807, 2.05) is 24.3 Å². The Morgan fingerprint density at radius 2 is 0.787 bits per heavy atom. The molecular weight excluding hydrogens is 571 g/mol. The van der Waals surface area contributed by atoms with Crippen LogP contribution in [0.2, 0.25) is 0 Å². The molecule has 9 rings (SSSR count). The van der Waals surface area contributed by atoms with Gasteiger partial charge in [0, 0.05) is 21.9 Å². The fraction of sp³-hybridized carbons (Fsp3) is 0. The Hall–Kier alpha value is -6.25. The van der Waals surface area contributed by atoms with Crippen LogP contribution in [0.3, 0.4) is 0 Å². The number of rotatable bonds is 5. The van der Waals surface area contributed by atoms with E-state index in [4.69, 9.17) is 9.40 Å². The largest absolute Gasteiger partial charge is 0.456 e. The molecule has 0 amide bonds. The van der Waals surface area contributed by atoms with Crippen LogP contribution >= 0.6 is 0 Å². The normalized spacial score (nSPS) is 11.4. The number of hydrogen-bond acceptors (Lipinski definition) is 2. The van der Waals surface area contributed by atoms with Gasteiger partial charge in [0.05, 0.1) is 11.4 Å². The topological polar surface area (TPSA) is 26.0 Å². The van der Waals surface area contributed by atoms with Crippen molar-refractivity contribution < 1.29 is 4.42 Å². The summed E-state index contributed by atoms with van der Waals surface area (Å²) in [6, 6.07) is 62.2. The molecule has 0 saturated carbocycles. The van der Waals surface area contributed by atoms with Crippen LogP contribution in [0.25, 0.3) is 88.6 Å². The number of pyridine rings is 1. The van der Waals surface area contributed by atoms with E-state index < -0.39 is 0 Å². The molecular formula is C45H29NO. The Bertz CT molecular complexity index is 2490. The minimum Gasteiger partial charge on any atom is -0.456 e. The van der Waals surface area contributed by atoms with E-state index in [2.05, 4.69) is 152 Å². The van der Waals surface area contributed by atoms with Crippen LogP contribution in [0, 0.1) is 0 Å². The van der Waals surface area contributed by atoms with Gasteiger partial charge in [-0.1, -0.05) is 146 Å². The summed E-state index contributed by atoms with van der Waals surface area (Å²) in [5.41, 5.74) is 13.1. The molecule has 0 radical (unpaired) electrons. The predicted molar refractivity (Wildman–Crippen MR) is 196 cm³/mol. The van der Waals surface area contributed by atoms with Gasteiger partial charge in [-0.25, -0.2) is 4.98 Å². The summed E-state index contributed by atoms with van der Waals surface area (Å²) in [6.07, 6.45) is 0. The molecule has 0 N–H and O–H groups in total. The van der Waals surface area contributed by atoms with Crippen LogP contribution in [0.4, 0.5) is 0 Å². The van der Waals surface area contributed by atoms with E-state index in [0.717, 1.165) is 50.0 Å². The molecule has 0 bridgehead atoms. The van der Waals surface area contributed by atoms with Gasteiger partial charge in [-0.3, -0.25) is 0 Å². The Morgan fingerprint density at radius 3 is 1.43 bits per heavy atom. The highest BCUT2D eigenvalue weighted by Crippen LogP contribution is 2.39. The molecule has 0 spiro atoms. The molecule has 9 aromatic rings. The zero-order valence-electron chi connectivity index (χ0n) is 25.6. The lowest BCUT2D eigenvalue weighted by Gasteiger charge is -2.15. The second-order valence-electron chi connectivity index (χ2n) is 12.0. The van der Waals surface area contributed by atoms with E-state index in [1.54, 1.807) is 0 Å². The van der Waals surface area contributed by atoms with Crippen LogP contribution in [-0.4, -0.2) is 4.98 Å². The summed E-state index contributed by atoms with van der Waals surface area (Å²) >= 11 is 0. The first kappa shape index (κ1) is 27.1. The maximum Gasteiger partial charge on any atom is 0.135 e. The second-order valence-corrected chi connectivity index (χ2v) is 12.0. The van der Waals surface area contributed by atoms with Gasteiger partial charge in [0.2, 0.25) is 0 Å². The van der Waals surface area contributed by atoms with Crippen molar-refractivity contribution in [1.29, 1.82) is 0 Å². The lowest BCUT2D eigenvalue weighted by atomic mass is 9.90. The van der Waals surface area contributed by atoms with Crippen molar-refractivity contribution in [2.75, 3.05) is 0 Å². The van der Waals surface area contributed by atoms with Gasteiger partial charge in [0.15, 0.2) is 0 Å². The fourth-order valence-corrected chi connectivity index (χ4v) is 6.75. The average Bonchev–Trinajstić information content (AvgIpc) is 3.53. The SMILES string of the molecule is c1ccc(-c2cc(-c3ccc(-c4ccc(-c5ccc6oc7ccccc7c6c5)cc4)c4ccccc34)cc(-c3ccccc3)n2)cc1. The predicted octanol–water partition coefficient (Wildman–Crippen LogP) is 12.5. The van der Waals surface area contributed by atoms with E-state index in [1.165, 1.54) is 38.6 Å². The van der Waals surface area contributed by atoms with Gasteiger partial charge in [-0.15, -0.1) is 0 Å². The van der Waals surface area contributed by atoms with E-state index in [0.29, 0.717) is 0 Å². The Kier molecular flexibility index (Phi) is 6.50. The fourth-order valence-electron chi connectivity index (χ4n) is 6.75. The summed E-state index contributed by atoms with van der Waals surface area (Å²) in [7, 11) is 0. The number of hydrogen-bond donors (Lipinski definition) is 0. The molecule has 0 unspecified atom stereocenters. The van der Waals surface area contributed by atoms with Crippen molar-refractivity contribution >= 4 is 32.7 Å². The lowest BCUT2D eigenvalue weighted by Crippen LogP contribution is -1.92. The quantitative estimate of drug-likeness (QED) is 0.197. The molecule has 0 aliphatic rings. The van der Waals surface area contributed by atoms with Crippen LogP contribution in [0.15, 0.2) is 180 Å². The third kappa shape index (κ3) is 4.88. The third-order valence-corrected chi connectivity index (χ3v) is 9.11. The molecule has 0 saturated heterocycles. The van der Waals surface area contributed by atoms with Crippen LogP contribution in [0.1, 0.15) is 0 Å². The molecule has 2 heteroatoms. The molecule has 2 aromatic heterocycles. The summed E-state index contributed by atoms with van der Waals surface area (Å²) in [4.78, 5) is 5.10. The zero-order chi connectivity index (χ0) is 31.2. The molecule has 220 valence electrons. The minimum atomic E-state index is 0.916. The summed E-state index contributed by atoms with van der Waals surface area (Å²) in [6.45, 7) is 0. The lowest BCUT2D eigenvalue weighted by molar-refractivity contribution is 0.669. The van der Waals surface area contributed by atoms with Gasteiger partial charge in [-0.05, 0) is 74.5 Å². The number of nitrogens with zero attached hydrogens (tertiary/aromatic N) is 1. The van der Waals surface area contributed by atoms with Gasteiger partial charge in [-0.2, -0.15) is 0 Å². The first-order valence-electron chi connectivity index (χ1n) is 16.0. The standard InChI is InChI=1S/C45H29NO/c1-3-11-32(12-4-1)42-28-35(29-43(46-42)33-13-5-2-6-14-33)37-25-24-36(38-15-7-8-16-39(37)38)31-21-19-30(20-22-31)34-23-26-45-41(27-34)40-17-9-10-18-44(40)47-45/h1-29H. The van der Waals surface area contributed by atoms with Crippen molar-refractivity contribution in [3.63, 3.8) is 0 Å². The third-order valence-electron chi connectivity index (χ3n) is 9.11. The highest BCUT2D eigenvalue weighted by atomic mass is 16.3. The Morgan fingerprint density at radius 1 is 0.298 bits per heavy atom. The number of furan rings is 1. The van der Waals surface area contributed by atoms with Crippen molar-refractivity contribution in [1.82, 2.24) is 4.98 Å². The first-order chi connectivity index (χ1) is 23.3. The van der Waals surface area contributed by atoms with Gasteiger partial charge in [0.25, 0.3) is 0 Å². The van der Waals surface area contributed by atoms with Crippen molar-refractivity contribution in [3.8, 4) is 55.9 Å². The molecule has 2 nitrogen and oxygen atoms in total. The zero-order valence-corrected chi connectivity index (χ0v) is 25.6. The number of aromatic nitrogens is 1. The second kappa shape index (κ2) is 11.3. The van der Waals surface area contributed by atoms with E-state index in [-0.39, 0.29) is 0 Å². The number of fused-ring (bicyclic) bond motifs is 4. The smallest absolute Gasteiger partial charge is 0.135 e.